The summed E-state index contributed by atoms with van der Waals surface area (Å²) in [6.45, 7) is 1.32. The van der Waals surface area contributed by atoms with E-state index in [0.29, 0.717) is 5.56 Å². The Bertz CT molecular complexity index is 984. The number of amides is 1. The molecule has 30 heavy (non-hydrogen) atoms. The van der Waals surface area contributed by atoms with Crippen LogP contribution in [0.3, 0.4) is 0 Å². The molecule has 156 valence electrons. The SMILES string of the molecule is COC(=O)C[C@@H](CN1C(=O)C(O)=C(C(C)=O)[C@@H]1c1ccc(F)cc1)c1ccccc1. The molecule has 6 nitrogen and oxygen atoms in total. The molecule has 7 heteroatoms. The number of ether oxygens (including phenoxy) is 1. The minimum absolute atomic E-state index is 0.0105. The summed E-state index contributed by atoms with van der Waals surface area (Å²) in [5.41, 5.74) is 1.25. The summed E-state index contributed by atoms with van der Waals surface area (Å²) < 4.78 is 18.2. The number of carbonyl (C=O) groups is 3. The van der Waals surface area contributed by atoms with Crippen molar-refractivity contribution in [2.45, 2.75) is 25.3 Å². The van der Waals surface area contributed by atoms with Crippen LogP contribution in [0.2, 0.25) is 0 Å². The second-order valence-corrected chi connectivity index (χ2v) is 7.12. The molecular formula is C23H22FNO5. The van der Waals surface area contributed by atoms with Crippen LogP contribution in [0.1, 0.15) is 36.4 Å². The van der Waals surface area contributed by atoms with E-state index in [9.17, 15) is 23.9 Å². The smallest absolute Gasteiger partial charge is 0.306 e. The Kier molecular flexibility index (Phi) is 6.30. The number of ketones is 1. The highest BCUT2D eigenvalue weighted by Gasteiger charge is 2.43. The third kappa shape index (κ3) is 4.25. The lowest BCUT2D eigenvalue weighted by Crippen LogP contribution is -2.35. The molecule has 0 saturated carbocycles. The second kappa shape index (κ2) is 8.90. The largest absolute Gasteiger partial charge is 0.503 e. The Morgan fingerprint density at radius 3 is 2.33 bits per heavy atom. The zero-order valence-corrected chi connectivity index (χ0v) is 16.7. The number of esters is 1. The number of carbonyl (C=O) groups excluding carboxylic acids is 3. The number of aliphatic hydroxyl groups is 1. The van der Waals surface area contributed by atoms with Gasteiger partial charge in [-0.05, 0) is 30.2 Å². The van der Waals surface area contributed by atoms with Crippen LogP contribution < -0.4 is 0 Å². The van der Waals surface area contributed by atoms with Crippen molar-refractivity contribution >= 4 is 17.7 Å². The molecule has 3 rings (SSSR count). The van der Waals surface area contributed by atoms with E-state index in [-0.39, 0.29) is 18.5 Å². The van der Waals surface area contributed by atoms with Crippen molar-refractivity contribution in [3.63, 3.8) is 0 Å². The average molecular weight is 411 g/mol. The minimum Gasteiger partial charge on any atom is -0.503 e. The zero-order valence-electron chi connectivity index (χ0n) is 16.7. The number of nitrogens with zero attached hydrogens (tertiary/aromatic N) is 1. The maximum atomic E-state index is 13.4. The Hall–Kier alpha value is -3.48. The molecule has 0 radical (unpaired) electrons. The molecule has 2 aromatic carbocycles. The highest BCUT2D eigenvalue weighted by atomic mass is 19.1. The van der Waals surface area contributed by atoms with Crippen molar-refractivity contribution in [3.05, 3.63) is 82.9 Å². The fourth-order valence-corrected chi connectivity index (χ4v) is 3.73. The van der Waals surface area contributed by atoms with E-state index in [2.05, 4.69) is 0 Å². The van der Waals surface area contributed by atoms with Gasteiger partial charge in [0.2, 0.25) is 0 Å². The lowest BCUT2D eigenvalue weighted by atomic mass is 9.92. The first-order valence-electron chi connectivity index (χ1n) is 9.45. The van der Waals surface area contributed by atoms with Crippen molar-refractivity contribution in [2.24, 2.45) is 0 Å². The van der Waals surface area contributed by atoms with Crippen LogP contribution in [0.25, 0.3) is 0 Å². The first kappa shape index (κ1) is 21.2. The molecule has 2 atom stereocenters. The summed E-state index contributed by atoms with van der Waals surface area (Å²) in [4.78, 5) is 38.4. The summed E-state index contributed by atoms with van der Waals surface area (Å²) in [6, 6.07) is 13.7. The highest BCUT2D eigenvalue weighted by molar-refractivity contribution is 6.08. The lowest BCUT2D eigenvalue weighted by molar-refractivity contribution is -0.141. The summed E-state index contributed by atoms with van der Waals surface area (Å²) in [6.07, 6.45) is 0.0105. The van der Waals surface area contributed by atoms with Crippen LogP contribution in [0.15, 0.2) is 65.9 Å². The molecule has 2 aromatic rings. The number of hydrogen-bond acceptors (Lipinski definition) is 5. The van der Waals surface area contributed by atoms with E-state index in [1.807, 2.05) is 30.3 Å². The van der Waals surface area contributed by atoms with Gasteiger partial charge in [0.25, 0.3) is 5.91 Å². The van der Waals surface area contributed by atoms with E-state index in [1.165, 1.54) is 43.2 Å². The molecular weight excluding hydrogens is 389 g/mol. The molecule has 0 saturated heterocycles. The van der Waals surface area contributed by atoms with Crippen molar-refractivity contribution in [2.75, 3.05) is 13.7 Å². The topological polar surface area (TPSA) is 83.9 Å². The minimum atomic E-state index is -0.876. The number of hydrogen-bond donors (Lipinski definition) is 1. The van der Waals surface area contributed by atoms with E-state index in [1.54, 1.807) is 0 Å². The van der Waals surface area contributed by atoms with Gasteiger partial charge in [0, 0.05) is 12.5 Å². The number of Topliss-reactive ketones (excluding diaryl/α,β-unsaturated/α-hetero) is 1. The normalized spacial score (nSPS) is 17.2. The average Bonchev–Trinajstić information content (AvgIpc) is 2.99. The van der Waals surface area contributed by atoms with Gasteiger partial charge < -0.3 is 14.7 Å². The quantitative estimate of drug-likeness (QED) is 0.706. The predicted molar refractivity (Wildman–Crippen MR) is 107 cm³/mol. The molecule has 1 amide bonds. The summed E-state index contributed by atoms with van der Waals surface area (Å²) in [7, 11) is 1.29. The van der Waals surface area contributed by atoms with Crippen LogP contribution in [-0.4, -0.2) is 41.3 Å². The molecule has 1 N–H and O–H groups in total. The van der Waals surface area contributed by atoms with Crippen molar-refractivity contribution < 1.29 is 28.6 Å². The predicted octanol–water partition coefficient (Wildman–Crippen LogP) is 3.46. The van der Waals surface area contributed by atoms with Gasteiger partial charge in [0.1, 0.15) is 5.82 Å². The van der Waals surface area contributed by atoms with Crippen LogP contribution in [0, 0.1) is 5.82 Å². The Morgan fingerprint density at radius 1 is 1.13 bits per heavy atom. The second-order valence-electron chi connectivity index (χ2n) is 7.12. The summed E-state index contributed by atoms with van der Waals surface area (Å²) in [5.74, 6) is -3.12. The molecule has 1 aliphatic heterocycles. The van der Waals surface area contributed by atoms with Gasteiger partial charge in [-0.3, -0.25) is 14.4 Å². The van der Waals surface area contributed by atoms with Crippen LogP contribution in [-0.2, 0) is 19.1 Å². The first-order valence-corrected chi connectivity index (χ1v) is 9.45. The fraction of sp³-hybridized carbons (Fsp3) is 0.261. The van der Waals surface area contributed by atoms with Crippen molar-refractivity contribution in [3.8, 4) is 0 Å². The molecule has 0 unspecified atom stereocenters. The van der Waals surface area contributed by atoms with Gasteiger partial charge in [-0.25, -0.2) is 4.39 Å². The molecule has 0 spiro atoms. The van der Waals surface area contributed by atoms with Gasteiger partial charge in [-0.2, -0.15) is 0 Å². The molecule has 0 bridgehead atoms. The van der Waals surface area contributed by atoms with E-state index in [0.717, 1.165) is 5.56 Å². The summed E-state index contributed by atoms with van der Waals surface area (Å²) >= 11 is 0. The standard InChI is InChI=1S/C23H22FNO5/c1-14(26)20-21(16-8-10-18(24)11-9-16)25(23(29)22(20)28)13-17(12-19(27)30-2)15-6-4-3-5-7-15/h3-11,17,21,28H,12-13H2,1-2H3/t17-,21-/m0/s1. The van der Waals surface area contributed by atoms with E-state index in [4.69, 9.17) is 4.74 Å². The van der Waals surface area contributed by atoms with Gasteiger partial charge in [0.15, 0.2) is 11.5 Å². The zero-order chi connectivity index (χ0) is 21.8. The van der Waals surface area contributed by atoms with Crippen LogP contribution in [0.5, 0.6) is 0 Å². The third-order valence-corrected chi connectivity index (χ3v) is 5.20. The van der Waals surface area contributed by atoms with Crippen LogP contribution >= 0.6 is 0 Å². The van der Waals surface area contributed by atoms with Crippen molar-refractivity contribution in [1.82, 2.24) is 4.90 Å². The Morgan fingerprint density at radius 2 is 1.77 bits per heavy atom. The van der Waals surface area contributed by atoms with Gasteiger partial charge in [-0.1, -0.05) is 42.5 Å². The monoisotopic (exact) mass is 411 g/mol. The fourth-order valence-electron chi connectivity index (χ4n) is 3.73. The van der Waals surface area contributed by atoms with Crippen LogP contribution in [0.4, 0.5) is 4.39 Å². The molecule has 0 fully saturated rings. The number of halogens is 1. The first-order chi connectivity index (χ1) is 14.3. The van der Waals surface area contributed by atoms with Gasteiger partial charge in [0.05, 0.1) is 25.1 Å². The van der Waals surface area contributed by atoms with Crippen molar-refractivity contribution in [1.29, 1.82) is 0 Å². The Balaban J connectivity index is 2.02. The molecule has 1 aliphatic rings. The molecule has 0 aliphatic carbocycles. The van der Waals surface area contributed by atoms with E-state index < -0.39 is 41.2 Å². The molecule has 0 aromatic heterocycles. The van der Waals surface area contributed by atoms with Gasteiger partial charge in [-0.15, -0.1) is 0 Å². The highest BCUT2D eigenvalue weighted by Crippen LogP contribution is 2.39. The lowest BCUT2D eigenvalue weighted by Gasteiger charge is -2.30. The number of rotatable bonds is 7. The Labute approximate surface area is 173 Å². The summed E-state index contributed by atoms with van der Waals surface area (Å²) in [5, 5.41) is 10.4. The molecule has 1 heterocycles. The number of benzene rings is 2. The van der Waals surface area contributed by atoms with E-state index >= 15 is 0 Å². The third-order valence-electron chi connectivity index (χ3n) is 5.20. The maximum absolute atomic E-state index is 13.4. The number of methoxy groups -OCH3 is 1. The maximum Gasteiger partial charge on any atom is 0.306 e. The number of aliphatic hydroxyl groups excluding tert-OH is 1. The van der Waals surface area contributed by atoms with Gasteiger partial charge >= 0.3 is 5.97 Å².